The van der Waals surface area contributed by atoms with E-state index in [0.717, 1.165) is 16.7 Å². The first kappa shape index (κ1) is 23.8. The zero-order valence-electron chi connectivity index (χ0n) is 18.8. The van der Waals surface area contributed by atoms with Crippen molar-refractivity contribution in [3.8, 4) is 0 Å². The zero-order chi connectivity index (χ0) is 23.4. The molecule has 6 heteroatoms. The van der Waals surface area contributed by atoms with E-state index in [9.17, 15) is 0 Å². The van der Waals surface area contributed by atoms with E-state index in [2.05, 4.69) is 0 Å². The van der Waals surface area contributed by atoms with Crippen LogP contribution in [0.5, 0.6) is 0 Å². The standard InChI is InChI=1S/C28H28Cl2O4/c29-28(30)24-26(33-18-22-14-8-3-9-15-22)25(32-17-21-12-6-2-7-13-21)23(34-27(24)28)19-31-16-20-10-4-1-5-11-20/h1-15,23-27H,16-19H2/t23-,24?,25+,26-,27+/m1/s1. The Morgan fingerprint density at radius 3 is 1.65 bits per heavy atom. The molecule has 34 heavy (non-hydrogen) atoms. The summed E-state index contributed by atoms with van der Waals surface area (Å²) < 4.78 is 24.2. The van der Waals surface area contributed by atoms with Gasteiger partial charge in [-0.05, 0) is 16.7 Å². The molecular weight excluding hydrogens is 471 g/mol. The number of alkyl halides is 2. The van der Waals surface area contributed by atoms with E-state index in [1.807, 2.05) is 91.0 Å². The van der Waals surface area contributed by atoms with Gasteiger partial charge in [-0.15, -0.1) is 0 Å². The Hall–Kier alpha value is -1.92. The largest absolute Gasteiger partial charge is 0.374 e. The highest BCUT2D eigenvalue weighted by atomic mass is 35.5. The summed E-state index contributed by atoms with van der Waals surface area (Å²) in [5.74, 6) is -0.161. The van der Waals surface area contributed by atoms with Gasteiger partial charge in [-0.3, -0.25) is 0 Å². The summed E-state index contributed by atoms with van der Waals surface area (Å²) in [5, 5.41) is 0. The molecule has 0 amide bonds. The highest BCUT2D eigenvalue weighted by Crippen LogP contribution is 2.61. The number of halogens is 2. The molecule has 3 aromatic rings. The Balaban J connectivity index is 1.32. The predicted molar refractivity (Wildman–Crippen MR) is 133 cm³/mol. The Morgan fingerprint density at radius 1 is 0.647 bits per heavy atom. The number of ether oxygens (including phenoxy) is 4. The lowest BCUT2D eigenvalue weighted by molar-refractivity contribution is -0.201. The lowest BCUT2D eigenvalue weighted by Crippen LogP contribution is -2.50. The number of hydrogen-bond donors (Lipinski definition) is 0. The summed E-state index contributed by atoms with van der Waals surface area (Å²) >= 11 is 13.3. The molecule has 5 atom stereocenters. The Morgan fingerprint density at radius 2 is 1.12 bits per heavy atom. The van der Waals surface area contributed by atoms with Crippen molar-refractivity contribution in [2.45, 2.75) is 48.6 Å². The van der Waals surface area contributed by atoms with Gasteiger partial charge in [0.2, 0.25) is 0 Å². The summed E-state index contributed by atoms with van der Waals surface area (Å²) in [6, 6.07) is 30.2. The number of rotatable bonds is 10. The van der Waals surface area contributed by atoms with Crippen LogP contribution in [0, 0.1) is 5.92 Å². The molecule has 1 unspecified atom stereocenters. The molecular formula is C28H28Cl2O4. The van der Waals surface area contributed by atoms with Gasteiger partial charge in [0.05, 0.1) is 44.6 Å². The van der Waals surface area contributed by atoms with E-state index >= 15 is 0 Å². The minimum Gasteiger partial charge on any atom is -0.374 e. The molecule has 1 saturated heterocycles. The number of benzene rings is 3. The molecule has 1 aliphatic heterocycles. The maximum Gasteiger partial charge on any atom is 0.152 e. The van der Waals surface area contributed by atoms with Gasteiger partial charge < -0.3 is 18.9 Å². The smallest absolute Gasteiger partial charge is 0.152 e. The minimum absolute atomic E-state index is 0.161. The lowest BCUT2D eigenvalue weighted by Gasteiger charge is -2.37. The second kappa shape index (κ2) is 10.8. The Labute approximate surface area is 210 Å². The number of hydrogen-bond acceptors (Lipinski definition) is 4. The second-order valence-electron chi connectivity index (χ2n) is 8.82. The maximum atomic E-state index is 6.63. The third-order valence-electron chi connectivity index (χ3n) is 6.37. The summed E-state index contributed by atoms with van der Waals surface area (Å²) in [5.41, 5.74) is 3.26. The first-order valence-corrected chi connectivity index (χ1v) is 12.3. The minimum atomic E-state index is -0.996. The molecule has 178 valence electrons. The van der Waals surface area contributed by atoms with E-state index in [0.29, 0.717) is 26.4 Å². The van der Waals surface area contributed by atoms with Crippen LogP contribution in [-0.2, 0) is 38.8 Å². The third kappa shape index (κ3) is 5.49. The monoisotopic (exact) mass is 498 g/mol. The summed E-state index contributed by atoms with van der Waals surface area (Å²) in [6.07, 6.45) is -1.35. The van der Waals surface area contributed by atoms with Crippen LogP contribution in [0.2, 0.25) is 0 Å². The van der Waals surface area contributed by atoms with Crippen LogP contribution in [0.4, 0.5) is 0 Å². The number of fused-ring (bicyclic) bond motifs is 1. The highest BCUT2D eigenvalue weighted by Gasteiger charge is 2.73. The summed E-state index contributed by atoms with van der Waals surface area (Å²) in [7, 11) is 0. The molecule has 0 spiro atoms. The van der Waals surface area contributed by atoms with E-state index < -0.39 is 4.33 Å². The average molecular weight is 499 g/mol. The van der Waals surface area contributed by atoms with Gasteiger partial charge in [-0.25, -0.2) is 0 Å². The maximum absolute atomic E-state index is 6.63. The third-order valence-corrected chi connectivity index (χ3v) is 7.30. The van der Waals surface area contributed by atoms with Gasteiger partial charge in [0.25, 0.3) is 0 Å². The van der Waals surface area contributed by atoms with E-state index in [1.165, 1.54) is 0 Å². The van der Waals surface area contributed by atoms with Crippen LogP contribution in [-0.4, -0.2) is 35.4 Å². The Kier molecular flexibility index (Phi) is 7.55. The topological polar surface area (TPSA) is 36.9 Å². The average Bonchev–Trinajstić information content (AvgIpc) is 3.43. The first-order valence-electron chi connectivity index (χ1n) is 11.6. The van der Waals surface area contributed by atoms with Crippen molar-refractivity contribution in [2.75, 3.05) is 6.61 Å². The summed E-state index contributed by atoms with van der Waals surface area (Å²) in [6.45, 7) is 1.72. The molecule has 1 aliphatic carbocycles. The van der Waals surface area contributed by atoms with E-state index in [4.69, 9.17) is 42.1 Å². The van der Waals surface area contributed by atoms with Crippen LogP contribution in [0.3, 0.4) is 0 Å². The van der Waals surface area contributed by atoms with E-state index in [1.54, 1.807) is 0 Å². The molecule has 1 saturated carbocycles. The van der Waals surface area contributed by atoms with Gasteiger partial charge in [0.1, 0.15) is 12.2 Å². The van der Waals surface area contributed by atoms with Gasteiger partial charge in [0, 0.05) is 0 Å². The van der Waals surface area contributed by atoms with Crippen molar-refractivity contribution in [1.82, 2.24) is 0 Å². The highest BCUT2D eigenvalue weighted by molar-refractivity contribution is 6.51. The predicted octanol–water partition coefficient (Wildman–Crippen LogP) is 5.95. The fraction of sp³-hybridized carbons (Fsp3) is 0.357. The van der Waals surface area contributed by atoms with Crippen molar-refractivity contribution < 1.29 is 18.9 Å². The molecule has 0 aromatic heterocycles. The SMILES string of the molecule is ClC1(Cl)C2[C@@H](OCc3ccccc3)[C@@H](OCc3ccccc3)[C@@H](COCc3ccccc3)O[C@@H]21. The zero-order valence-corrected chi connectivity index (χ0v) is 20.3. The molecule has 0 N–H and O–H groups in total. The molecule has 2 aliphatic rings. The van der Waals surface area contributed by atoms with Crippen LogP contribution >= 0.6 is 23.2 Å². The molecule has 3 aromatic carbocycles. The molecule has 2 fully saturated rings. The van der Waals surface area contributed by atoms with Crippen molar-refractivity contribution in [2.24, 2.45) is 5.92 Å². The molecule has 4 nitrogen and oxygen atoms in total. The first-order chi connectivity index (χ1) is 16.6. The van der Waals surface area contributed by atoms with Crippen LogP contribution in [0.25, 0.3) is 0 Å². The van der Waals surface area contributed by atoms with Crippen molar-refractivity contribution in [3.63, 3.8) is 0 Å². The molecule has 5 rings (SSSR count). The van der Waals surface area contributed by atoms with Gasteiger partial charge in [-0.2, -0.15) is 0 Å². The molecule has 1 heterocycles. The Bertz CT molecular complexity index is 1030. The van der Waals surface area contributed by atoms with Crippen LogP contribution in [0.15, 0.2) is 91.0 Å². The molecule has 0 radical (unpaired) electrons. The van der Waals surface area contributed by atoms with Crippen molar-refractivity contribution in [1.29, 1.82) is 0 Å². The fourth-order valence-corrected chi connectivity index (χ4v) is 5.23. The van der Waals surface area contributed by atoms with Crippen LogP contribution < -0.4 is 0 Å². The lowest BCUT2D eigenvalue weighted by atomic mass is 10.0. The van der Waals surface area contributed by atoms with Gasteiger partial charge >= 0.3 is 0 Å². The summed E-state index contributed by atoms with van der Waals surface area (Å²) in [4.78, 5) is 0. The van der Waals surface area contributed by atoms with Crippen molar-refractivity contribution >= 4 is 23.2 Å². The van der Waals surface area contributed by atoms with Gasteiger partial charge in [0.15, 0.2) is 4.33 Å². The fourth-order valence-electron chi connectivity index (χ4n) is 4.50. The van der Waals surface area contributed by atoms with Crippen molar-refractivity contribution in [3.05, 3.63) is 108 Å². The quantitative estimate of drug-likeness (QED) is 0.324. The normalized spacial score (nSPS) is 27.2. The second-order valence-corrected chi connectivity index (χ2v) is 10.3. The molecule has 0 bridgehead atoms. The van der Waals surface area contributed by atoms with Crippen LogP contribution in [0.1, 0.15) is 16.7 Å². The van der Waals surface area contributed by atoms with E-state index in [-0.39, 0.29) is 30.3 Å². The van der Waals surface area contributed by atoms with Gasteiger partial charge in [-0.1, -0.05) is 114 Å².